The highest BCUT2D eigenvalue weighted by Gasteiger charge is 2.03. The van der Waals surface area contributed by atoms with Crippen LogP contribution in [0.1, 0.15) is 19.5 Å². The van der Waals surface area contributed by atoms with Crippen molar-refractivity contribution in [2.45, 2.75) is 20.4 Å². The van der Waals surface area contributed by atoms with Gasteiger partial charge in [0.1, 0.15) is 0 Å². The number of aromatic amines is 1. The molecular formula is C11H20N4O. The predicted molar refractivity (Wildman–Crippen MR) is 65.7 cm³/mol. The Morgan fingerprint density at radius 1 is 1.50 bits per heavy atom. The van der Waals surface area contributed by atoms with Crippen molar-refractivity contribution >= 4 is 5.95 Å². The maximum Gasteiger partial charge on any atom is 0.252 e. The standard InChI is InChI=1S/C11H20N4O/c1-8(2)6-12-7-9-5-10(16)14-11(13-9)15(3)4/h5,8,12H,6-7H2,1-4H3,(H,13,14,16). The van der Waals surface area contributed by atoms with Crippen LogP contribution in [0.15, 0.2) is 10.9 Å². The summed E-state index contributed by atoms with van der Waals surface area (Å²) >= 11 is 0. The summed E-state index contributed by atoms with van der Waals surface area (Å²) in [7, 11) is 3.70. The van der Waals surface area contributed by atoms with E-state index in [-0.39, 0.29) is 5.56 Å². The zero-order chi connectivity index (χ0) is 12.1. The fourth-order valence-electron chi connectivity index (χ4n) is 1.29. The highest BCUT2D eigenvalue weighted by molar-refractivity contribution is 5.27. The van der Waals surface area contributed by atoms with Gasteiger partial charge in [-0.2, -0.15) is 0 Å². The molecule has 1 aromatic rings. The largest absolute Gasteiger partial charge is 0.348 e. The minimum atomic E-state index is -0.111. The number of aromatic nitrogens is 2. The molecule has 1 heterocycles. The molecule has 0 saturated heterocycles. The highest BCUT2D eigenvalue weighted by Crippen LogP contribution is 2.00. The van der Waals surface area contributed by atoms with Crippen LogP contribution in [0.2, 0.25) is 0 Å². The van der Waals surface area contributed by atoms with Gasteiger partial charge < -0.3 is 10.2 Å². The van der Waals surface area contributed by atoms with Gasteiger partial charge in [0.15, 0.2) is 0 Å². The topological polar surface area (TPSA) is 61.0 Å². The van der Waals surface area contributed by atoms with Crippen molar-refractivity contribution in [3.8, 4) is 0 Å². The molecule has 0 amide bonds. The van der Waals surface area contributed by atoms with Crippen molar-refractivity contribution in [2.75, 3.05) is 25.5 Å². The Morgan fingerprint density at radius 3 is 2.75 bits per heavy atom. The van der Waals surface area contributed by atoms with Crippen LogP contribution < -0.4 is 15.8 Å². The fraction of sp³-hybridized carbons (Fsp3) is 0.636. The predicted octanol–water partition coefficient (Wildman–Crippen LogP) is 0.581. The van der Waals surface area contributed by atoms with Gasteiger partial charge >= 0.3 is 0 Å². The second-order valence-corrected chi connectivity index (χ2v) is 4.48. The smallest absolute Gasteiger partial charge is 0.252 e. The van der Waals surface area contributed by atoms with Crippen LogP contribution in [0.3, 0.4) is 0 Å². The van der Waals surface area contributed by atoms with Crippen LogP contribution in [0.4, 0.5) is 5.95 Å². The van der Waals surface area contributed by atoms with E-state index in [0.717, 1.165) is 12.2 Å². The number of nitrogens with zero attached hydrogens (tertiary/aromatic N) is 2. The van der Waals surface area contributed by atoms with Crippen molar-refractivity contribution in [1.29, 1.82) is 0 Å². The van der Waals surface area contributed by atoms with E-state index in [2.05, 4.69) is 29.1 Å². The fourth-order valence-corrected chi connectivity index (χ4v) is 1.29. The summed E-state index contributed by atoms with van der Waals surface area (Å²) in [5, 5.41) is 3.26. The van der Waals surface area contributed by atoms with E-state index < -0.39 is 0 Å². The molecule has 0 aliphatic heterocycles. The molecule has 0 aliphatic rings. The van der Waals surface area contributed by atoms with Gasteiger partial charge in [0.25, 0.3) is 5.56 Å². The van der Waals surface area contributed by atoms with Crippen LogP contribution in [-0.4, -0.2) is 30.6 Å². The van der Waals surface area contributed by atoms with Gasteiger partial charge in [-0.15, -0.1) is 0 Å². The van der Waals surface area contributed by atoms with Crippen LogP contribution >= 0.6 is 0 Å². The lowest BCUT2D eigenvalue weighted by Crippen LogP contribution is -2.24. The Labute approximate surface area is 95.9 Å². The molecular weight excluding hydrogens is 204 g/mol. The molecule has 0 atom stereocenters. The zero-order valence-electron chi connectivity index (χ0n) is 10.4. The van der Waals surface area contributed by atoms with Gasteiger partial charge in [0.2, 0.25) is 5.95 Å². The van der Waals surface area contributed by atoms with E-state index in [1.54, 1.807) is 4.90 Å². The summed E-state index contributed by atoms with van der Waals surface area (Å²) in [6.45, 7) is 5.83. The average molecular weight is 224 g/mol. The van der Waals surface area contributed by atoms with Crippen LogP contribution in [0.25, 0.3) is 0 Å². The van der Waals surface area contributed by atoms with Crippen molar-refractivity contribution in [2.24, 2.45) is 5.92 Å². The van der Waals surface area contributed by atoms with E-state index in [0.29, 0.717) is 18.4 Å². The lowest BCUT2D eigenvalue weighted by molar-refractivity contribution is 0.547. The molecule has 1 rings (SSSR count). The first-order chi connectivity index (χ1) is 7.49. The first-order valence-electron chi connectivity index (χ1n) is 5.47. The van der Waals surface area contributed by atoms with E-state index in [9.17, 15) is 4.79 Å². The van der Waals surface area contributed by atoms with E-state index in [4.69, 9.17) is 0 Å². The Hall–Kier alpha value is -1.36. The quantitative estimate of drug-likeness (QED) is 0.768. The number of anilines is 1. The molecule has 0 aromatic carbocycles. The molecule has 1 aromatic heterocycles. The van der Waals surface area contributed by atoms with E-state index in [1.807, 2.05) is 14.1 Å². The first-order valence-corrected chi connectivity index (χ1v) is 5.47. The highest BCUT2D eigenvalue weighted by atomic mass is 16.1. The number of hydrogen-bond donors (Lipinski definition) is 2. The first kappa shape index (κ1) is 12.7. The van der Waals surface area contributed by atoms with Gasteiger partial charge in [0, 0.05) is 26.7 Å². The summed E-state index contributed by atoms with van der Waals surface area (Å²) in [6.07, 6.45) is 0. The lowest BCUT2D eigenvalue weighted by atomic mass is 10.2. The van der Waals surface area contributed by atoms with Crippen molar-refractivity contribution in [3.05, 3.63) is 22.1 Å². The van der Waals surface area contributed by atoms with Crippen LogP contribution in [-0.2, 0) is 6.54 Å². The third kappa shape index (κ3) is 4.02. The van der Waals surface area contributed by atoms with E-state index in [1.165, 1.54) is 6.07 Å². The number of hydrogen-bond acceptors (Lipinski definition) is 4. The molecule has 90 valence electrons. The molecule has 0 saturated carbocycles. The third-order valence-corrected chi connectivity index (χ3v) is 2.06. The molecule has 0 aliphatic carbocycles. The molecule has 16 heavy (non-hydrogen) atoms. The molecule has 0 unspecified atom stereocenters. The van der Waals surface area contributed by atoms with Gasteiger partial charge in [-0.1, -0.05) is 13.8 Å². The van der Waals surface area contributed by atoms with Gasteiger partial charge in [0.05, 0.1) is 5.69 Å². The summed E-state index contributed by atoms with van der Waals surface area (Å²) in [5.41, 5.74) is 0.660. The maximum atomic E-state index is 11.4. The molecule has 0 spiro atoms. The zero-order valence-corrected chi connectivity index (χ0v) is 10.4. The molecule has 0 radical (unpaired) electrons. The van der Waals surface area contributed by atoms with Gasteiger partial charge in [-0.3, -0.25) is 9.78 Å². The van der Waals surface area contributed by atoms with Crippen molar-refractivity contribution < 1.29 is 0 Å². The van der Waals surface area contributed by atoms with Crippen LogP contribution in [0.5, 0.6) is 0 Å². The molecule has 5 heteroatoms. The second kappa shape index (κ2) is 5.65. The monoisotopic (exact) mass is 224 g/mol. The van der Waals surface area contributed by atoms with Crippen LogP contribution in [0, 0.1) is 5.92 Å². The summed E-state index contributed by atoms with van der Waals surface area (Å²) in [6, 6.07) is 1.53. The Bertz CT molecular complexity index is 384. The summed E-state index contributed by atoms with van der Waals surface area (Å²) in [5.74, 6) is 1.18. The maximum absolute atomic E-state index is 11.4. The third-order valence-electron chi connectivity index (χ3n) is 2.06. The van der Waals surface area contributed by atoms with Crippen molar-refractivity contribution in [1.82, 2.24) is 15.3 Å². The molecule has 2 N–H and O–H groups in total. The molecule has 5 nitrogen and oxygen atoms in total. The number of H-pyrrole nitrogens is 1. The lowest BCUT2D eigenvalue weighted by Gasteiger charge is -2.12. The SMILES string of the molecule is CC(C)CNCc1cc(=O)[nH]c(N(C)C)n1. The average Bonchev–Trinajstić information content (AvgIpc) is 2.16. The van der Waals surface area contributed by atoms with E-state index >= 15 is 0 Å². The van der Waals surface area contributed by atoms with Crippen molar-refractivity contribution in [3.63, 3.8) is 0 Å². The Kier molecular flexibility index (Phi) is 4.49. The summed E-state index contributed by atoms with van der Waals surface area (Å²) in [4.78, 5) is 20.2. The second-order valence-electron chi connectivity index (χ2n) is 4.48. The van der Waals surface area contributed by atoms with Gasteiger partial charge in [-0.25, -0.2) is 4.98 Å². The normalized spacial score (nSPS) is 10.8. The Morgan fingerprint density at radius 2 is 2.19 bits per heavy atom. The minimum absolute atomic E-state index is 0.111. The molecule has 0 fully saturated rings. The molecule has 0 bridgehead atoms. The Balaban J connectivity index is 2.69. The number of rotatable bonds is 5. The van der Waals surface area contributed by atoms with Gasteiger partial charge in [-0.05, 0) is 12.5 Å². The minimum Gasteiger partial charge on any atom is -0.348 e. The summed E-state index contributed by atoms with van der Waals surface area (Å²) < 4.78 is 0. The number of nitrogens with one attached hydrogen (secondary N) is 2.